The summed E-state index contributed by atoms with van der Waals surface area (Å²) in [7, 11) is 0. The summed E-state index contributed by atoms with van der Waals surface area (Å²) in [6, 6.07) is 6.46. The number of nitrogens with zero attached hydrogens (tertiary/aromatic N) is 2. The first-order chi connectivity index (χ1) is 23.5. The standard InChI is InChI=1S/C34H52N4O9S/c1-2-6-30-38-32-33(48-30)27-9-8-26(25-28(27)37-34(32)35)7-4-3-5-12-36-29(39)10-13-42-15-17-44-19-21-46-23-24-47-22-20-45-18-16-43-14-11-31(40)41/h8-9,25H,2-7,10-24H2,1H3,(H2,35,37)(H,36,39)(H,40,41). The minimum atomic E-state index is -0.877. The lowest BCUT2D eigenvalue weighted by atomic mass is 10.0. The molecule has 3 rings (SSSR count). The van der Waals surface area contributed by atoms with E-state index in [2.05, 4.69) is 35.4 Å². The Labute approximate surface area is 286 Å². The normalized spacial score (nSPS) is 11.5. The van der Waals surface area contributed by atoms with Crippen LogP contribution in [0.1, 0.15) is 56.0 Å². The average Bonchev–Trinajstić information content (AvgIpc) is 3.50. The number of hydrogen-bond acceptors (Lipinski definition) is 12. The lowest BCUT2D eigenvalue weighted by Gasteiger charge is -2.08. The van der Waals surface area contributed by atoms with Crippen LogP contribution in [-0.2, 0) is 50.9 Å². The maximum atomic E-state index is 12.1. The van der Waals surface area contributed by atoms with Gasteiger partial charge in [0, 0.05) is 18.4 Å². The largest absolute Gasteiger partial charge is 0.481 e. The number of amides is 1. The van der Waals surface area contributed by atoms with E-state index in [1.54, 1.807) is 11.3 Å². The van der Waals surface area contributed by atoms with E-state index in [-0.39, 0.29) is 18.9 Å². The van der Waals surface area contributed by atoms with E-state index >= 15 is 0 Å². The fourth-order valence-electron chi connectivity index (χ4n) is 4.71. The number of anilines is 1. The molecular weight excluding hydrogens is 640 g/mol. The van der Waals surface area contributed by atoms with Crippen molar-refractivity contribution in [3.8, 4) is 0 Å². The molecule has 1 amide bonds. The van der Waals surface area contributed by atoms with Crippen molar-refractivity contribution in [2.75, 3.05) is 91.6 Å². The number of aliphatic carboxylic acids is 1. The predicted molar refractivity (Wildman–Crippen MR) is 186 cm³/mol. The smallest absolute Gasteiger partial charge is 0.305 e. The van der Waals surface area contributed by atoms with Crippen LogP contribution in [0.3, 0.4) is 0 Å². The molecule has 48 heavy (non-hydrogen) atoms. The Bertz CT molecular complexity index is 1360. The van der Waals surface area contributed by atoms with Crippen molar-refractivity contribution in [2.45, 2.75) is 58.3 Å². The zero-order chi connectivity index (χ0) is 34.2. The van der Waals surface area contributed by atoms with E-state index in [0.29, 0.717) is 91.5 Å². The van der Waals surface area contributed by atoms with Crippen molar-refractivity contribution in [1.82, 2.24) is 15.3 Å². The zero-order valence-electron chi connectivity index (χ0n) is 28.2. The second-order valence-electron chi connectivity index (χ2n) is 11.1. The fourth-order valence-corrected chi connectivity index (χ4v) is 5.92. The molecule has 0 radical (unpaired) electrons. The van der Waals surface area contributed by atoms with Gasteiger partial charge >= 0.3 is 5.97 Å². The van der Waals surface area contributed by atoms with Crippen molar-refractivity contribution in [2.24, 2.45) is 0 Å². The van der Waals surface area contributed by atoms with Crippen LogP contribution < -0.4 is 11.1 Å². The number of nitrogens with one attached hydrogen (secondary N) is 1. The molecule has 2 heterocycles. The number of ether oxygens (including phenoxy) is 6. The van der Waals surface area contributed by atoms with Crippen molar-refractivity contribution in [3.63, 3.8) is 0 Å². The van der Waals surface area contributed by atoms with Gasteiger partial charge in [0.15, 0.2) is 5.82 Å². The number of hydrogen-bond donors (Lipinski definition) is 3. The number of aryl methyl sites for hydroxylation is 2. The van der Waals surface area contributed by atoms with Gasteiger partial charge in [0.1, 0.15) is 5.52 Å². The number of carboxylic acid groups (broad SMARTS) is 1. The van der Waals surface area contributed by atoms with Crippen molar-refractivity contribution in [3.05, 3.63) is 28.8 Å². The summed E-state index contributed by atoms with van der Waals surface area (Å²) < 4.78 is 33.4. The number of rotatable bonds is 29. The van der Waals surface area contributed by atoms with E-state index < -0.39 is 5.97 Å². The van der Waals surface area contributed by atoms with Crippen molar-refractivity contribution >= 4 is 50.2 Å². The number of carbonyl (C=O) groups excluding carboxylic acids is 1. The molecule has 0 spiro atoms. The Morgan fingerprint density at radius 2 is 1.35 bits per heavy atom. The summed E-state index contributed by atoms with van der Waals surface area (Å²) in [6.45, 7) is 7.70. The van der Waals surface area contributed by atoms with Gasteiger partial charge in [-0.3, -0.25) is 9.59 Å². The van der Waals surface area contributed by atoms with E-state index in [0.717, 1.165) is 64.7 Å². The van der Waals surface area contributed by atoms with Crippen LogP contribution in [0, 0.1) is 0 Å². The summed E-state index contributed by atoms with van der Waals surface area (Å²) >= 11 is 1.72. The lowest BCUT2D eigenvalue weighted by molar-refractivity contribution is -0.138. The number of thiazole rings is 1. The highest BCUT2D eigenvalue weighted by molar-refractivity contribution is 7.19. The van der Waals surface area contributed by atoms with Gasteiger partial charge in [-0.2, -0.15) is 0 Å². The third-order valence-corrected chi connectivity index (χ3v) is 8.33. The molecule has 0 bridgehead atoms. The first kappa shape index (κ1) is 39.5. The fraction of sp³-hybridized carbons (Fsp3) is 0.647. The average molecular weight is 693 g/mol. The molecule has 14 heteroatoms. The van der Waals surface area contributed by atoms with Crippen molar-refractivity contribution in [1.29, 1.82) is 0 Å². The van der Waals surface area contributed by atoms with Crippen LogP contribution >= 0.6 is 11.3 Å². The third-order valence-electron chi connectivity index (χ3n) is 7.18. The molecule has 0 aliphatic heterocycles. The van der Waals surface area contributed by atoms with E-state index in [1.165, 1.54) is 5.56 Å². The summed E-state index contributed by atoms with van der Waals surface area (Å²) in [4.78, 5) is 31.8. The highest BCUT2D eigenvalue weighted by Crippen LogP contribution is 2.33. The maximum Gasteiger partial charge on any atom is 0.305 e. The van der Waals surface area contributed by atoms with Gasteiger partial charge in [0.05, 0.1) is 101 Å². The van der Waals surface area contributed by atoms with Gasteiger partial charge in [-0.1, -0.05) is 25.5 Å². The molecule has 0 aliphatic rings. The van der Waals surface area contributed by atoms with Crippen LogP contribution in [-0.4, -0.2) is 113 Å². The molecule has 0 atom stereocenters. The zero-order valence-corrected chi connectivity index (χ0v) is 29.0. The van der Waals surface area contributed by atoms with Gasteiger partial charge in [-0.25, -0.2) is 9.97 Å². The number of nitrogen functional groups attached to an aromatic ring is 1. The molecule has 0 unspecified atom stereocenters. The molecule has 0 saturated carbocycles. The number of carbonyl (C=O) groups is 2. The Hall–Kier alpha value is -2.98. The molecule has 0 saturated heterocycles. The molecular formula is C34H52N4O9S. The molecule has 2 aromatic heterocycles. The highest BCUT2D eigenvalue weighted by Gasteiger charge is 2.12. The molecule has 0 aliphatic carbocycles. The quantitative estimate of drug-likeness (QED) is 0.0888. The van der Waals surface area contributed by atoms with Crippen molar-refractivity contribution < 1.29 is 43.1 Å². The van der Waals surface area contributed by atoms with Gasteiger partial charge in [-0.05, 0) is 43.7 Å². The topological polar surface area (TPSA) is 174 Å². The Kier molecular flexibility index (Phi) is 19.9. The Balaban J connectivity index is 1.08. The number of benzene rings is 1. The minimum absolute atomic E-state index is 0.00485. The molecule has 3 aromatic rings. The number of unbranched alkanes of at least 4 members (excludes halogenated alkanes) is 2. The second kappa shape index (κ2) is 24.2. The minimum Gasteiger partial charge on any atom is -0.481 e. The number of carboxylic acids is 1. The number of aromatic nitrogens is 2. The molecule has 4 N–H and O–H groups in total. The molecule has 268 valence electrons. The van der Waals surface area contributed by atoms with Crippen LogP contribution in [0.5, 0.6) is 0 Å². The Morgan fingerprint density at radius 1 is 0.771 bits per heavy atom. The van der Waals surface area contributed by atoms with E-state index in [4.69, 9.17) is 44.2 Å². The van der Waals surface area contributed by atoms with Gasteiger partial charge in [0.25, 0.3) is 0 Å². The van der Waals surface area contributed by atoms with E-state index in [9.17, 15) is 9.59 Å². The summed E-state index contributed by atoms with van der Waals surface area (Å²) in [5.41, 5.74) is 9.22. The van der Waals surface area contributed by atoms with Crippen LogP contribution in [0.2, 0.25) is 0 Å². The number of fused-ring (bicyclic) bond motifs is 3. The lowest BCUT2D eigenvalue weighted by Crippen LogP contribution is -2.25. The Morgan fingerprint density at radius 3 is 1.94 bits per heavy atom. The summed E-state index contributed by atoms with van der Waals surface area (Å²) in [6.07, 6.45) is 6.28. The van der Waals surface area contributed by atoms with Crippen LogP contribution in [0.15, 0.2) is 18.2 Å². The summed E-state index contributed by atoms with van der Waals surface area (Å²) in [5.74, 6) is -0.382. The highest BCUT2D eigenvalue weighted by atomic mass is 32.1. The predicted octanol–water partition coefficient (Wildman–Crippen LogP) is 4.17. The molecule has 1 aromatic carbocycles. The second-order valence-corrected chi connectivity index (χ2v) is 12.2. The maximum absolute atomic E-state index is 12.1. The van der Waals surface area contributed by atoms with Gasteiger partial charge in [0.2, 0.25) is 5.91 Å². The number of nitrogens with two attached hydrogens (primary N) is 1. The molecule has 13 nitrogen and oxygen atoms in total. The summed E-state index contributed by atoms with van der Waals surface area (Å²) in [5, 5.41) is 13.7. The monoisotopic (exact) mass is 692 g/mol. The van der Waals surface area contributed by atoms with Crippen LogP contribution in [0.25, 0.3) is 21.1 Å². The third kappa shape index (κ3) is 15.9. The first-order valence-electron chi connectivity index (χ1n) is 16.9. The van der Waals surface area contributed by atoms with Crippen LogP contribution in [0.4, 0.5) is 5.82 Å². The van der Waals surface area contributed by atoms with E-state index in [1.807, 2.05) is 0 Å². The molecule has 0 fully saturated rings. The number of pyridine rings is 1. The SMILES string of the molecule is CCCc1nc2c(N)nc3cc(CCCCCNC(=O)CCOCCOCCOCCOCCOCCOCCC(=O)O)ccc3c2s1. The van der Waals surface area contributed by atoms with Gasteiger partial charge < -0.3 is 44.6 Å². The van der Waals surface area contributed by atoms with Gasteiger partial charge in [-0.15, -0.1) is 11.3 Å². The first-order valence-corrected chi connectivity index (χ1v) is 17.7.